The number of nitrogens with one attached hydrogen (secondary N) is 2. The summed E-state index contributed by atoms with van der Waals surface area (Å²) in [5.74, 6) is -0.885. The van der Waals surface area contributed by atoms with Crippen LogP contribution in [0.3, 0.4) is 0 Å². The Kier molecular flexibility index (Phi) is 4.90. The summed E-state index contributed by atoms with van der Waals surface area (Å²) in [6.45, 7) is 0.371. The number of nitrogens with zero attached hydrogens (tertiary/aromatic N) is 1. The third kappa shape index (κ3) is 3.91. The van der Waals surface area contributed by atoms with Gasteiger partial charge in [0.1, 0.15) is 11.7 Å². The second-order valence-corrected chi connectivity index (χ2v) is 6.85. The Morgan fingerprint density at radius 3 is 2.59 bits per heavy atom. The monoisotopic (exact) mass is 393 g/mol. The topological polar surface area (TPSA) is 112 Å². The smallest absolute Gasteiger partial charge is 0.450 e. The zero-order chi connectivity index (χ0) is 20.4. The fourth-order valence-corrected chi connectivity index (χ4v) is 3.52. The van der Waals surface area contributed by atoms with Crippen molar-refractivity contribution >= 4 is 28.9 Å². The van der Waals surface area contributed by atoms with Crippen LogP contribution in [0.2, 0.25) is 0 Å². The van der Waals surface area contributed by atoms with Crippen molar-refractivity contribution < 1.29 is 24.2 Å². The van der Waals surface area contributed by atoms with Crippen LogP contribution < -0.4 is 5.32 Å². The van der Waals surface area contributed by atoms with E-state index in [9.17, 15) is 14.4 Å². The van der Waals surface area contributed by atoms with E-state index < -0.39 is 24.2 Å². The van der Waals surface area contributed by atoms with Crippen molar-refractivity contribution in [3.05, 3.63) is 71.9 Å². The molecule has 4 rings (SSSR count). The third-order valence-electron chi connectivity index (χ3n) is 4.88. The summed E-state index contributed by atoms with van der Waals surface area (Å²) in [6.07, 6.45) is -2.48. The molecule has 0 spiro atoms. The number of carbonyl (C=O) groups is 3. The molecule has 3 aromatic rings. The number of benzene rings is 2. The highest BCUT2D eigenvalue weighted by atomic mass is 16.7. The van der Waals surface area contributed by atoms with Gasteiger partial charge in [-0.05, 0) is 17.7 Å². The Morgan fingerprint density at radius 2 is 1.86 bits per heavy atom. The van der Waals surface area contributed by atoms with E-state index in [0.29, 0.717) is 6.54 Å². The van der Waals surface area contributed by atoms with E-state index in [-0.39, 0.29) is 18.1 Å². The van der Waals surface area contributed by atoms with Crippen LogP contribution in [0.15, 0.2) is 60.7 Å². The summed E-state index contributed by atoms with van der Waals surface area (Å²) < 4.78 is 4.89. The molecule has 0 saturated carbocycles. The molecule has 148 valence electrons. The zero-order valence-corrected chi connectivity index (χ0v) is 15.4. The number of ether oxygens (including phenoxy) is 1. The lowest BCUT2D eigenvalue weighted by molar-refractivity contribution is -0.130. The van der Waals surface area contributed by atoms with Crippen molar-refractivity contribution in [1.29, 1.82) is 0 Å². The van der Waals surface area contributed by atoms with Crippen LogP contribution >= 0.6 is 0 Å². The average Bonchev–Trinajstić information content (AvgIpc) is 3.25. The number of rotatable bonds is 5. The van der Waals surface area contributed by atoms with Gasteiger partial charge in [0.05, 0.1) is 6.54 Å². The summed E-state index contributed by atoms with van der Waals surface area (Å²) in [5.41, 5.74) is 1.98. The normalized spacial score (nSPS) is 18.8. The minimum Gasteiger partial charge on any atom is -0.450 e. The highest BCUT2D eigenvalue weighted by Crippen LogP contribution is 2.20. The molecule has 0 aliphatic carbocycles. The van der Waals surface area contributed by atoms with E-state index in [0.717, 1.165) is 16.5 Å². The molecule has 1 aliphatic rings. The van der Waals surface area contributed by atoms with Crippen LogP contribution in [0.1, 0.15) is 16.1 Å². The second kappa shape index (κ2) is 7.67. The van der Waals surface area contributed by atoms with Gasteiger partial charge in [-0.15, -0.1) is 0 Å². The highest BCUT2D eigenvalue weighted by molar-refractivity contribution is 6.00. The molecule has 2 aromatic carbocycles. The van der Waals surface area contributed by atoms with Gasteiger partial charge >= 0.3 is 6.16 Å². The van der Waals surface area contributed by atoms with Crippen molar-refractivity contribution in [2.45, 2.75) is 18.7 Å². The first-order valence-electron chi connectivity index (χ1n) is 9.12. The fourth-order valence-electron chi connectivity index (χ4n) is 3.52. The van der Waals surface area contributed by atoms with Gasteiger partial charge in [-0.25, -0.2) is 4.79 Å². The van der Waals surface area contributed by atoms with Crippen LogP contribution in [0, 0.1) is 0 Å². The van der Waals surface area contributed by atoms with Crippen molar-refractivity contribution in [1.82, 2.24) is 15.2 Å². The highest BCUT2D eigenvalue weighted by Gasteiger charge is 2.44. The standard InChI is InChI=1S/C21H19N3O5/c25-19(16-10-14-8-4-5-9-15(14)22-16)23-18-17(29-21(27)28)12-24(20(18)26)11-13-6-2-1-3-7-13/h1-10,17-18,22H,11-12H2,(H,23,25)(H,27,28)/t17-,18-/m0/s1. The lowest BCUT2D eigenvalue weighted by atomic mass is 10.2. The third-order valence-corrected chi connectivity index (χ3v) is 4.88. The van der Waals surface area contributed by atoms with Crippen molar-refractivity contribution in [3.8, 4) is 0 Å². The van der Waals surface area contributed by atoms with E-state index in [2.05, 4.69) is 10.3 Å². The summed E-state index contributed by atoms with van der Waals surface area (Å²) in [6, 6.07) is 17.3. The molecular formula is C21H19N3O5. The molecule has 8 heteroatoms. The zero-order valence-electron chi connectivity index (χ0n) is 15.4. The van der Waals surface area contributed by atoms with Gasteiger partial charge in [0.15, 0.2) is 6.10 Å². The van der Waals surface area contributed by atoms with Gasteiger partial charge in [0.2, 0.25) is 5.91 Å². The van der Waals surface area contributed by atoms with E-state index in [1.807, 2.05) is 54.6 Å². The number of hydrogen-bond acceptors (Lipinski definition) is 4. The average molecular weight is 393 g/mol. The van der Waals surface area contributed by atoms with Gasteiger partial charge in [-0.1, -0.05) is 48.5 Å². The Hall–Kier alpha value is -3.81. The predicted octanol–water partition coefficient (Wildman–Crippen LogP) is 2.37. The Bertz CT molecular complexity index is 1030. The van der Waals surface area contributed by atoms with Crippen molar-refractivity contribution in [2.24, 2.45) is 0 Å². The number of fused-ring (bicyclic) bond motifs is 1. The maximum atomic E-state index is 12.9. The molecule has 0 bridgehead atoms. The molecule has 3 N–H and O–H groups in total. The van der Waals surface area contributed by atoms with Crippen LogP contribution in [0.5, 0.6) is 0 Å². The number of carboxylic acid groups (broad SMARTS) is 1. The molecular weight excluding hydrogens is 374 g/mol. The first-order chi connectivity index (χ1) is 14.0. The van der Waals surface area contributed by atoms with Crippen molar-refractivity contribution in [2.75, 3.05) is 6.54 Å². The number of likely N-dealkylation sites (tertiary alicyclic amines) is 1. The quantitative estimate of drug-likeness (QED) is 0.576. The van der Waals surface area contributed by atoms with Crippen LogP contribution in [-0.2, 0) is 16.1 Å². The summed E-state index contributed by atoms with van der Waals surface area (Å²) in [7, 11) is 0. The number of H-pyrrole nitrogens is 1. The Balaban J connectivity index is 1.53. The Labute approximate surface area is 166 Å². The molecule has 0 unspecified atom stereocenters. The minimum atomic E-state index is -1.49. The second-order valence-electron chi connectivity index (χ2n) is 6.85. The SMILES string of the molecule is O=C(O)O[C@H]1CN(Cc2ccccc2)C(=O)[C@H]1NC(=O)c1cc2ccccc2[nH]1. The number of hydrogen-bond donors (Lipinski definition) is 3. The number of aromatic nitrogens is 1. The van der Waals surface area contributed by atoms with E-state index >= 15 is 0 Å². The van der Waals surface area contributed by atoms with E-state index in [1.165, 1.54) is 4.90 Å². The van der Waals surface area contributed by atoms with Gasteiger partial charge < -0.3 is 25.0 Å². The maximum Gasteiger partial charge on any atom is 0.506 e. The maximum absolute atomic E-state index is 12.9. The molecule has 29 heavy (non-hydrogen) atoms. The van der Waals surface area contributed by atoms with Gasteiger partial charge in [0, 0.05) is 17.4 Å². The first-order valence-corrected chi connectivity index (χ1v) is 9.12. The van der Waals surface area contributed by atoms with Gasteiger partial charge in [-0.2, -0.15) is 0 Å². The van der Waals surface area contributed by atoms with E-state index in [1.54, 1.807) is 6.07 Å². The number of carbonyl (C=O) groups excluding carboxylic acids is 2. The molecule has 1 fully saturated rings. The minimum absolute atomic E-state index is 0.0671. The fraction of sp³-hybridized carbons (Fsp3) is 0.190. The molecule has 1 saturated heterocycles. The van der Waals surface area contributed by atoms with Gasteiger partial charge in [0.25, 0.3) is 5.91 Å². The first kappa shape index (κ1) is 18.5. The van der Waals surface area contributed by atoms with Crippen LogP contribution in [-0.4, -0.2) is 51.7 Å². The van der Waals surface area contributed by atoms with E-state index in [4.69, 9.17) is 9.84 Å². The molecule has 1 aromatic heterocycles. The lowest BCUT2D eigenvalue weighted by Crippen LogP contribution is -2.47. The number of para-hydroxylation sites is 1. The largest absolute Gasteiger partial charge is 0.506 e. The number of aromatic amines is 1. The van der Waals surface area contributed by atoms with Crippen molar-refractivity contribution in [3.63, 3.8) is 0 Å². The molecule has 2 atom stereocenters. The predicted molar refractivity (Wildman–Crippen MR) is 104 cm³/mol. The molecule has 2 amide bonds. The molecule has 8 nitrogen and oxygen atoms in total. The van der Waals surface area contributed by atoms with Crippen LogP contribution in [0.25, 0.3) is 10.9 Å². The summed E-state index contributed by atoms with van der Waals surface area (Å²) >= 11 is 0. The number of amides is 2. The molecule has 2 heterocycles. The van der Waals surface area contributed by atoms with Crippen LogP contribution in [0.4, 0.5) is 4.79 Å². The van der Waals surface area contributed by atoms with Gasteiger partial charge in [-0.3, -0.25) is 9.59 Å². The lowest BCUT2D eigenvalue weighted by Gasteiger charge is -2.17. The summed E-state index contributed by atoms with van der Waals surface area (Å²) in [5, 5.41) is 12.5. The molecule has 1 aliphatic heterocycles. The summed E-state index contributed by atoms with van der Waals surface area (Å²) in [4.78, 5) is 41.1. The molecule has 0 radical (unpaired) electrons. The Morgan fingerprint density at radius 1 is 1.14 bits per heavy atom.